The van der Waals surface area contributed by atoms with E-state index in [1.54, 1.807) is 20.8 Å². The van der Waals surface area contributed by atoms with Crippen molar-refractivity contribution in [1.29, 1.82) is 0 Å². The quantitative estimate of drug-likeness (QED) is 0.605. The van der Waals surface area contributed by atoms with E-state index in [0.717, 1.165) is 0 Å². The molecule has 1 rings (SSSR count). The molecule has 4 heteroatoms. The van der Waals surface area contributed by atoms with E-state index in [1.807, 2.05) is 0 Å². The van der Waals surface area contributed by atoms with E-state index in [4.69, 9.17) is 10.5 Å². The fraction of sp³-hybridized carbons (Fsp3) is 0.889. The summed E-state index contributed by atoms with van der Waals surface area (Å²) < 4.78 is 5.04. The van der Waals surface area contributed by atoms with Gasteiger partial charge in [0, 0.05) is 0 Å². The van der Waals surface area contributed by atoms with Gasteiger partial charge in [0.25, 0.3) is 0 Å². The number of esters is 1. The monoisotopic (exact) mass is 187 g/mol. The standard InChI is InChI=1S/C9H17NO3/c1-8(2,3)13-7(11)6(10)9(12)4-5-9/h6,12H,4-5,10H2,1-3H3. The molecule has 0 radical (unpaired) electrons. The van der Waals surface area contributed by atoms with Crippen LogP contribution in [0, 0.1) is 0 Å². The SMILES string of the molecule is CC(C)(C)OC(=O)C(N)C1(O)CC1. The fourth-order valence-corrected chi connectivity index (χ4v) is 1.02. The fourth-order valence-electron chi connectivity index (χ4n) is 1.02. The molecule has 4 nitrogen and oxygen atoms in total. The minimum absolute atomic E-state index is 0.521. The Hall–Kier alpha value is -0.610. The van der Waals surface area contributed by atoms with Crippen LogP contribution in [-0.4, -0.2) is 28.3 Å². The third kappa shape index (κ3) is 2.67. The molecule has 1 saturated carbocycles. The summed E-state index contributed by atoms with van der Waals surface area (Å²) in [5.41, 5.74) is 4.00. The van der Waals surface area contributed by atoms with Crippen molar-refractivity contribution in [2.45, 2.75) is 50.9 Å². The maximum absolute atomic E-state index is 11.3. The van der Waals surface area contributed by atoms with Crippen LogP contribution in [0.2, 0.25) is 0 Å². The number of rotatable bonds is 2. The Morgan fingerprint density at radius 3 is 2.31 bits per heavy atom. The van der Waals surface area contributed by atoms with Gasteiger partial charge in [-0.05, 0) is 33.6 Å². The molecule has 1 aliphatic rings. The van der Waals surface area contributed by atoms with Gasteiger partial charge in [0.15, 0.2) is 0 Å². The second-order valence-electron chi connectivity index (χ2n) is 4.61. The van der Waals surface area contributed by atoms with Gasteiger partial charge in [-0.25, -0.2) is 0 Å². The van der Waals surface area contributed by atoms with Crippen molar-refractivity contribution < 1.29 is 14.6 Å². The van der Waals surface area contributed by atoms with Gasteiger partial charge < -0.3 is 15.6 Å². The molecule has 0 aromatic carbocycles. The lowest BCUT2D eigenvalue weighted by molar-refractivity contribution is -0.159. The van der Waals surface area contributed by atoms with E-state index >= 15 is 0 Å². The van der Waals surface area contributed by atoms with Crippen LogP contribution in [0.25, 0.3) is 0 Å². The zero-order chi connectivity index (χ0) is 10.3. The summed E-state index contributed by atoms with van der Waals surface area (Å²) in [6, 6.07) is -0.897. The van der Waals surface area contributed by atoms with Crippen molar-refractivity contribution in [3.8, 4) is 0 Å². The topological polar surface area (TPSA) is 72.5 Å². The average molecular weight is 187 g/mol. The molecule has 0 amide bonds. The van der Waals surface area contributed by atoms with Gasteiger partial charge >= 0.3 is 5.97 Å². The smallest absolute Gasteiger partial charge is 0.326 e. The zero-order valence-electron chi connectivity index (χ0n) is 8.33. The van der Waals surface area contributed by atoms with Crippen LogP contribution >= 0.6 is 0 Å². The maximum atomic E-state index is 11.3. The molecule has 0 heterocycles. The molecule has 3 N–H and O–H groups in total. The van der Waals surface area contributed by atoms with Gasteiger partial charge in [-0.1, -0.05) is 0 Å². The number of carbonyl (C=O) groups is 1. The highest BCUT2D eigenvalue weighted by Crippen LogP contribution is 2.38. The van der Waals surface area contributed by atoms with Crippen molar-refractivity contribution in [1.82, 2.24) is 0 Å². The molecule has 76 valence electrons. The normalized spacial score (nSPS) is 22.2. The zero-order valence-corrected chi connectivity index (χ0v) is 8.33. The van der Waals surface area contributed by atoms with Crippen LogP contribution in [0.3, 0.4) is 0 Å². The lowest BCUT2D eigenvalue weighted by atomic mass is 10.1. The van der Waals surface area contributed by atoms with Gasteiger partial charge in [-0.15, -0.1) is 0 Å². The Balaban J connectivity index is 2.49. The molecular weight excluding hydrogens is 170 g/mol. The molecule has 1 aliphatic carbocycles. The molecule has 13 heavy (non-hydrogen) atoms. The Morgan fingerprint density at radius 2 is 2.00 bits per heavy atom. The highest BCUT2D eigenvalue weighted by atomic mass is 16.6. The van der Waals surface area contributed by atoms with E-state index < -0.39 is 23.2 Å². The van der Waals surface area contributed by atoms with Crippen LogP contribution in [0.4, 0.5) is 0 Å². The van der Waals surface area contributed by atoms with Crippen LogP contribution in [0.15, 0.2) is 0 Å². The Kier molecular flexibility index (Phi) is 2.38. The van der Waals surface area contributed by atoms with E-state index in [2.05, 4.69) is 0 Å². The highest BCUT2D eigenvalue weighted by Gasteiger charge is 2.50. The molecule has 0 aromatic rings. The van der Waals surface area contributed by atoms with Crippen molar-refractivity contribution in [2.24, 2.45) is 5.73 Å². The molecule has 0 aromatic heterocycles. The van der Waals surface area contributed by atoms with E-state index in [1.165, 1.54) is 0 Å². The van der Waals surface area contributed by atoms with Gasteiger partial charge in [-0.3, -0.25) is 4.79 Å². The van der Waals surface area contributed by atoms with Gasteiger partial charge in [0.05, 0.1) is 5.60 Å². The predicted molar refractivity (Wildman–Crippen MR) is 48.0 cm³/mol. The molecule has 1 fully saturated rings. The van der Waals surface area contributed by atoms with Crippen molar-refractivity contribution >= 4 is 5.97 Å². The molecular formula is C9H17NO3. The molecule has 1 atom stereocenters. The summed E-state index contributed by atoms with van der Waals surface area (Å²) in [4.78, 5) is 11.3. The van der Waals surface area contributed by atoms with Gasteiger partial charge in [0.2, 0.25) is 0 Å². The first-order valence-electron chi connectivity index (χ1n) is 4.45. The van der Waals surface area contributed by atoms with Crippen LogP contribution in [-0.2, 0) is 9.53 Å². The Bertz CT molecular complexity index is 215. The second kappa shape index (κ2) is 2.96. The van der Waals surface area contributed by atoms with Crippen molar-refractivity contribution in [2.75, 3.05) is 0 Å². The summed E-state index contributed by atoms with van der Waals surface area (Å²) in [5.74, 6) is -0.521. The summed E-state index contributed by atoms with van der Waals surface area (Å²) in [5, 5.41) is 9.54. The molecule has 0 bridgehead atoms. The van der Waals surface area contributed by atoms with Crippen molar-refractivity contribution in [3.63, 3.8) is 0 Å². The lowest BCUT2D eigenvalue weighted by Gasteiger charge is -2.24. The largest absolute Gasteiger partial charge is 0.459 e. The van der Waals surface area contributed by atoms with Crippen LogP contribution in [0.1, 0.15) is 33.6 Å². The third-order valence-electron chi connectivity index (χ3n) is 2.00. The van der Waals surface area contributed by atoms with Gasteiger partial charge in [-0.2, -0.15) is 0 Å². The third-order valence-corrected chi connectivity index (χ3v) is 2.00. The summed E-state index contributed by atoms with van der Waals surface area (Å²) in [6.07, 6.45) is 1.18. The van der Waals surface area contributed by atoms with Crippen LogP contribution < -0.4 is 5.73 Å². The first-order chi connectivity index (χ1) is 5.75. The minimum Gasteiger partial charge on any atom is -0.459 e. The first-order valence-corrected chi connectivity index (χ1v) is 4.45. The predicted octanol–water partition coefficient (Wildman–Crippen LogP) is 0.180. The van der Waals surface area contributed by atoms with Crippen LogP contribution in [0.5, 0.6) is 0 Å². The molecule has 1 unspecified atom stereocenters. The summed E-state index contributed by atoms with van der Waals surface area (Å²) >= 11 is 0. The number of hydrogen-bond donors (Lipinski definition) is 2. The van der Waals surface area contributed by atoms with Gasteiger partial charge in [0.1, 0.15) is 11.6 Å². The number of hydrogen-bond acceptors (Lipinski definition) is 4. The average Bonchev–Trinajstić information content (AvgIpc) is 2.64. The lowest BCUT2D eigenvalue weighted by Crippen LogP contribution is -2.46. The number of ether oxygens (including phenoxy) is 1. The first kappa shape index (κ1) is 10.5. The van der Waals surface area contributed by atoms with E-state index in [-0.39, 0.29) is 0 Å². The summed E-state index contributed by atoms with van der Waals surface area (Å²) in [7, 11) is 0. The molecule has 0 saturated heterocycles. The minimum atomic E-state index is -0.998. The molecule has 0 aliphatic heterocycles. The van der Waals surface area contributed by atoms with E-state index in [9.17, 15) is 9.90 Å². The van der Waals surface area contributed by atoms with Crippen molar-refractivity contribution in [3.05, 3.63) is 0 Å². The number of nitrogens with two attached hydrogens (primary N) is 1. The number of aliphatic hydroxyl groups is 1. The highest BCUT2D eigenvalue weighted by molar-refractivity contribution is 5.78. The Morgan fingerprint density at radius 1 is 1.54 bits per heavy atom. The maximum Gasteiger partial charge on any atom is 0.326 e. The Labute approximate surface area is 78.1 Å². The summed E-state index contributed by atoms with van der Waals surface area (Å²) in [6.45, 7) is 5.32. The number of carbonyl (C=O) groups excluding carboxylic acids is 1. The molecule has 0 spiro atoms. The van der Waals surface area contributed by atoms with E-state index in [0.29, 0.717) is 12.8 Å². The second-order valence-corrected chi connectivity index (χ2v) is 4.61.